The molecule has 2 nitrogen and oxygen atoms in total. The highest BCUT2D eigenvalue weighted by Crippen LogP contribution is 2.31. The van der Waals surface area contributed by atoms with Crippen molar-refractivity contribution >= 4 is 38.2 Å². The van der Waals surface area contributed by atoms with Gasteiger partial charge in [-0.3, -0.25) is 0 Å². The van der Waals surface area contributed by atoms with E-state index in [-0.39, 0.29) is 6.04 Å². The summed E-state index contributed by atoms with van der Waals surface area (Å²) in [7, 11) is 0. The van der Waals surface area contributed by atoms with Crippen LogP contribution in [0, 0.1) is 0 Å². The highest BCUT2D eigenvalue weighted by atomic mass is 79.9. The van der Waals surface area contributed by atoms with Crippen LogP contribution in [-0.2, 0) is 6.42 Å². The number of benzene rings is 1. The smallest absolute Gasteiger partial charge is 0.148 e. The Bertz CT molecular complexity index is 705. The normalized spacial score (nSPS) is 12.9. The first-order chi connectivity index (χ1) is 10.3. The summed E-state index contributed by atoms with van der Waals surface area (Å²) in [6.45, 7) is 3.07. The maximum Gasteiger partial charge on any atom is 0.148 e. The van der Waals surface area contributed by atoms with E-state index in [9.17, 15) is 0 Å². The van der Waals surface area contributed by atoms with Gasteiger partial charge in [-0.15, -0.1) is 11.3 Å². The summed E-state index contributed by atoms with van der Waals surface area (Å²) in [5.41, 5.74) is 0.937. The molecule has 0 saturated carbocycles. The first-order valence-corrected chi connectivity index (χ1v) is 8.89. The second kappa shape index (κ2) is 6.77. The van der Waals surface area contributed by atoms with Crippen molar-refractivity contribution in [1.82, 2.24) is 5.32 Å². The molecule has 0 amide bonds. The summed E-state index contributed by atoms with van der Waals surface area (Å²) in [5, 5.41) is 6.82. The van der Waals surface area contributed by atoms with Crippen LogP contribution in [0.5, 0.6) is 0 Å². The van der Waals surface area contributed by atoms with Crippen molar-refractivity contribution in [2.75, 3.05) is 6.54 Å². The lowest BCUT2D eigenvalue weighted by molar-refractivity contribution is 0.418. The quantitative estimate of drug-likeness (QED) is 0.621. The average molecular weight is 364 g/mol. The van der Waals surface area contributed by atoms with Crippen molar-refractivity contribution in [2.24, 2.45) is 0 Å². The molecule has 110 valence electrons. The Hall–Kier alpha value is -1.10. The Balaban J connectivity index is 1.82. The first-order valence-electron chi connectivity index (χ1n) is 7.21. The zero-order chi connectivity index (χ0) is 14.7. The van der Waals surface area contributed by atoms with E-state index in [0.29, 0.717) is 0 Å². The van der Waals surface area contributed by atoms with E-state index in [1.165, 1.54) is 4.88 Å². The Labute approximate surface area is 137 Å². The number of para-hydroxylation sites is 1. The maximum absolute atomic E-state index is 6.08. The molecule has 0 aliphatic heterocycles. The minimum atomic E-state index is 0.261. The zero-order valence-corrected chi connectivity index (χ0v) is 14.3. The van der Waals surface area contributed by atoms with E-state index in [4.69, 9.17) is 4.42 Å². The molecule has 21 heavy (non-hydrogen) atoms. The van der Waals surface area contributed by atoms with Gasteiger partial charge in [0.2, 0.25) is 0 Å². The van der Waals surface area contributed by atoms with Crippen LogP contribution >= 0.6 is 27.3 Å². The molecule has 0 bridgehead atoms. The van der Waals surface area contributed by atoms with Crippen LogP contribution in [-0.4, -0.2) is 6.54 Å². The summed E-state index contributed by atoms with van der Waals surface area (Å²) in [4.78, 5) is 1.43. The maximum atomic E-state index is 6.08. The van der Waals surface area contributed by atoms with Gasteiger partial charge in [-0.1, -0.05) is 25.1 Å². The molecule has 1 unspecified atom stereocenters. The molecule has 0 fully saturated rings. The molecule has 4 heteroatoms. The van der Waals surface area contributed by atoms with Crippen LogP contribution in [0.1, 0.15) is 30.0 Å². The molecular weight excluding hydrogens is 346 g/mol. The topological polar surface area (TPSA) is 25.2 Å². The van der Waals surface area contributed by atoms with Crippen LogP contribution in [0.25, 0.3) is 11.0 Å². The monoisotopic (exact) mass is 363 g/mol. The van der Waals surface area contributed by atoms with Gasteiger partial charge in [0, 0.05) is 10.3 Å². The summed E-state index contributed by atoms with van der Waals surface area (Å²) in [5.74, 6) is 1.02. The second-order valence-electron chi connectivity index (χ2n) is 5.04. The molecule has 0 saturated heterocycles. The Morgan fingerprint density at radius 1 is 1.29 bits per heavy atom. The van der Waals surface area contributed by atoms with Crippen molar-refractivity contribution in [3.63, 3.8) is 0 Å². The summed E-state index contributed by atoms with van der Waals surface area (Å²) >= 11 is 5.38. The number of fused-ring (bicyclic) bond motifs is 1. The summed E-state index contributed by atoms with van der Waals surface area (Å²) < 4.78 is 7.09. The van der Waals surface area contributed by atoms with Gasteiger partial charge in [0.1, 0.15) is 11.3 Å². The molecule has 3 aromatic rings. The zero-order valence-electron chi connectivity index (χ0n) is 11.9. The minimum absolute atomic E-state index is 0.261. The van der Waals surface area contributed by atoms with Gasteiger partial charge in [0.15, 0.2) is 0 Å². The van der Waals surface area contributed by atoms with Crippen LogP contribution in [0.2, 0.25) is 0 Å². The largest absolute Gasteiger partial charge is 0.458 e. The SMILES string of the molecule is CCNC(CCc1cccs1)c1cc2cccc(Br)c2o1. The molecule has 2 heterocycles. The molecular formula is C17H18BrNOS. The molecule has 0 radical (unpaired) electrons. The van der Waals surface area contributed by atoms with Crippen LogP contribution < -0.4 is 5.32 Å². The van der Waals surface area contributed by atoms with Crippen molar-refractivity contribution in [3.05, 3.63) is 56.9 Å². The van der Waals surface area contributed by atoms with Crippen LogP contribution in [0.3, 0.4) is 0 Å². The second-order valence-corrected chi connectivity index (χ2v) is 6.92. The molecule has 1 aromatic carbocycles. The molecule has 3 rings (SSSR count). The number of nitrogens with one attached hydrogen (secondary N) is 1. The predicted octanol–water partition coefficient (Wildman–Crippen LogP) is 5.54. The van der Waals surface area contributed by atoms with Crippen molar-refractivity contribution in [3.8, 4) is 0 Å². The van der Waals surface area contributed by atoms with Crippen molar-refractivity contribution in [2.45, 2.75) is 25.8 Å². The molecule has 0 aliphatic rings. The van der Waals surface area contributed by atoms with E-state index < -0.39 is 0 Å². The van der Waals surface area contributed by atoms with E-state index in [1.54, 1.807) is 0 Å². The standard InChI is InChI=1S/C17H18BrNOS/c1-2-19-15(9-8-13-6-4-10-21-13)16-11-12-5-3-7-14(18)17(12)20-16/h3-7,10-11,15,19H,2,8-9H2,1H3. The number of rotatable bonds is 6. The number of hydrogen-bond donors (Lipinski definition) is 1. The number of aryl methyl sites for hydroxylation is 1. The molecule has 1 N–H and O–H groups in total. The minimum Gasteiger partial charge on any atom is -0.458 e. The number of halogens is 1. The lowest BCUT2D eigenvalue weighted by Gasteiger charge is -2.14. The molecule has 1 atom stereocenters. The highest BCUT2D eigenvalue weighted by molar-refractivity contribution is 9.10. The van der Waals surface area contributed by atoms with Gasteiger partial charge in [0.05, 0.1) is 10.5 Å². The molecule has 2 aromatic heterocycles. The molecule has 0 aliphatic carbocycles. The van der Waals surface area contributed by atoms with E-state index in [0.717, 1.165) is 40.6 Å². The van der Waals surface area contributed by atoms with Crippen molar-refractivity contribution < 1.29 is 4.42 Å². The average Bonchev–Trinajstić information content (AvgIpc) is 3.13. The van der Waals surface area contributed by atoms with E-state index in [1.807, 2.05) is 23.5 Å². The van der Waals surface area contributed by atoms with Gasteiger partial charge in [-0.2, -0.15) is 0 Å². The van der Waals surface area contributed by atoms with Gasteiger partial charge in [0.25, 0.3) is 0 Å². The third kappa shape index (κ3) is 3.39. The number of hydrogen-bond acceptors (Lipinski definition) is 3. The van der Waals surface area contributed by atoms with Crippen molar-refractivity contribution in [1.29, 1.82) is 0 Å². The third-order valence-corrected chi connectivity index (χ3v) is 5.13. The van der Waals surface area contributed by atoms with Gasteiger partial charge in [-0.05, 0) is 58.9 Å². The number of furan rings is 1. The lowest BCUT2D eigenvalue weighted by atomic mass is 10.1. The fraction of sp³-hybridized carbons (Fsp3) is 0.294. The number of thiophene rings is 1. The predicted molar refractivity (Wildman–Crippen MR) is 93.0 cm³/mol. The summed E-state index contributed by atoms with van der Waals surface area (Å²) in [6.07, 6.45) is 2.12. The van der Waals surface area contributed by atoms with E-state index >= 15 is 0 Å². The lowest BCUT2D eigenvalue weighted by Crippen LogP contribution is -2.20. The summed E-state index contributed by atoms with van der Waals surface area (Å²) in [6, 6.07) is 12.9. The van der Waals surface area contributed by atoms with Gasteiger partial charge < -0.3 is 9.73 Å². The van der Waals surface area contributed by atoms with Crippen LogP contribution in [0.15, 0.2) is 50.7 Å². The fourth-order valence-electron chi connectivity index (χ4n) is 2.55. The molecule has 0 spiro atoms. The van der Waals surface area contributed by atoms with Gasteiger partial charge >= 0.3 is 0 Å². The highest BCUT2D eigenvalue weighted by Gasteiger charge is 2.16. The fourth-order valence-corrected chi connectivity index (χ4v) is 3.74. The Morgan fingerprint density at radius 3 is 2.90 bits per heavy atom. The van der Waals surface area contributed by atoms with E-state index in [2.05, 4.69) is 57.8 Å². The first kappa shape index (κ1) is 14.8. The van der Waals surface area contributed by atoms with Gasteiger partial charge in [-0.25, -0.2) is 0 Å². The van der Waals surface area contributed by atoms with Crippen LogP contribution in [0.4, 0.5) is 0 Å². The Kier molecular flexibility index (Phi) is 4.78. The Morgan fingerprint density at radius 2 is 2.19 bits per heavy atom. The third-order valence-electron chi connectivity index (χ3n) is 3.57.